The first-order valence-electron chi connectivity index (χ1n) is 12.4. The van der Waals surface area contributed by atoms with Crippen LogP contribution in [0.15, 0.2) is 78.9 Å². The number of amides is 2. The summed E-state index contributed by atoms with van der Waals surface area (Å²) in [6, 6.07) is 25.1. The summed E-state index contributed by atoms with van der Waals surface area (Å²) in [6.45, 7) is 2.45. The number of hydrogen-bond acceptors (Lipinski definition) is 4. The molecule has 0 atom stereocenters. The minimum absolute atomic E-state index is 0.0811. The third kappa shape index (κ3) is 7.60. The number of rotatable bonds is 10. The number of ether oxygens (including phenoxy) is 1. The molecule has 0 saturated carbocycles. The lowest BCUT2D eigenvalue weighted by Crippen LogP contribution is -2.35. The Morgan fingerprint density at radius 2 is 1.49 bits per heavy atom. The van der Waals surface area contributed by atoms with Gasteiger partial charge in [0.25, 0.3) is 5.91 Å². The number of anilines is 2. The highest BCUT2D eigenvalue weighted by Gasteiger charge is 2.17. The fraction of sp³-hybridized carbons (Fsp3) is 0.310. The molecule has 1 aliphatic rings. The zero-order valence-corrected chi connectivity index (χ0v) is 20.0. The zero-order chi connectivity index (χ0) is 24.3. The summed E-state index contributed by atoms with van der Waals surface area (Å²) in [5.41, 5.74) is 3.51. The van der Waals surface area contributed by atoms with Gasteiger partial charge in [-0.25, -0.2) is 0 Å². The first kappa shape index (κ1) is 24.3. The first-order chi connectivity index (χ1) is 17.2. The molecule has 0 unspecified atom stereocenters. The second kappa shape index (κ2) is 12.6. The van der Waals surface area contributed by atoms with Gasteiger partial charge in [-0.3, -0.25) is 9.59 Å². The summed E-state index contributed by atoms with van der Waals surface area (Å²) in [6.07, 6.45) is 5.28. The van der Waals surface area contributed by atoms with Crippen LogP contribution in [-0.4, -0.2) is 43.0 Å². The number of hydrogen-bond donors (Lipinski definition) is 2. The summed E-state index contributed by atoms with van der Waals surface area (Å²) in [4.78, 5) is 26.8. The van der Waals surface area contributed by atoms with Crippen molar-refractivity contribution < 1.29 is 14.3 Å². The van der Waals surface area contributed by atoms with Crippen LogP contribution in [-0.2, 0) is 11.2 Å². The average molecular weight is 472 g/mol. The lowest BCUT2D eigenvalue weighted by Gasteiger charge is -2.26. The second-order valence-electron chi connectivity index (χ2n) is 8.79. The van der Waals surface area contributed by atoms with Crippen LogP contribution in [0.4, 0.5) is 11.4 Å². The predicted octanol–water partition coefficient (Wildman–Crippen LogP) is 5.37. The summed E-state index contributed by atoms with van der Waals surface area (Å²) >= 11 is 0. The van der Waals surface area contributed by atoms with Gasteiger partial charge in [-0.15, -0.1) is 0 Å². The lowest BCUT2D eigenvalue weighted by molar-refractivity contribution is -0.114. The topological polar surface area (TPSA) is 70.7 Å². The van der Waals surface area contributed by atoms with Crippen molar-refractivity contribution in [3.05, 3.63) is 90.0 Å². The van der Waals surface area contributed by atoms with Gasteiger partial charge in [-0.05, 0) is 86.2 Å². The monoisotopic (exact) mass is 471 g/mol. The summed E-state index contributed by atoms with van der Waals surface area (Å²) in [7, 11) is 0. The fourth-order valence-corrected chi connectivity index (χ4v) is 4.14. The minimum atomic E-state index is -0.144. The van der Waals surface area contributed by atoms with Crippen LogP contribution in [0.3, 0.4) is 0 Å². The van der Waals surface area contributed by atoms with Crippen molar-refractivity contribution in [1.82, 2.24) is 4.90 Å². The molecule has 0 bridgehead atoms. The highest BCUT2D eigenvalue weighted by atomic mass is 16.5. The Labute approximate surface area is 207 Å². The number of carbonyl (C=O) groups excluding carboxylic acids is 2. The molecule has 3 aromatic rings. The molecule has 0 spiro atoms. The summed E-state index contributed by atoms with van der Waals surface area (Å²) < 4.78 is 5.81. The quantitative estimate of drug-likeness (QED) is 0.390. The number of benzene rings is 3. The van der Waals surface area contributed by atoms with E-state index in [0.717, 1.165) is 55.9 Å². The maximum Gasteiger partial charge on any atom is 0.253 e. The molecule has 6 nitrogen and oxygen atoms in total. The van der Waals surface area contributed by atoms with Crippen molar-refractivity contribution in [2.45, 2.75) is 32.1 Å². The molecule has 2 N–H and O–H groups in total. The van der Waals surface area contributed by atoms with Crippen LogP contribution in [0.2, 0.25) is 0 Å². The van der Waals surface area contributed by atoms with E-state index in [9.17, 15) is 9.59 Å². The van der Waals surface area contributed by atoms with Crippen LogP contribution < -0.4 is 15.4 Å². The van der Waals surface area contributed by atoms with E-state index in [2.05, 4.69) is 22.8 Å². The first-order valence-corrected chi connectivity index (χ1v) is 12.4. The molecule has 1 aliphatic heterocycles. The standard InChI is InChI=1S/C29H33N3O3/c33-28(22-30-25-13-11-24(12-14-25)29(34)32-19-5-2-6-20-32)31-26-15-17-27(18-16-26)35-21-7-10-23-8-3-1-4-9-23/h1,3-4,8-9,11-18,30H,2,5-7,10,19-22H2,(H,31,33). The number of piperidine rings is 1. The van der Waals surface area contributed by atoms with Gasteiger partial charge in [0.05, 0.1) is 13.2 Å². The molecule has 0 aromatic heterocycles. The fourth-order valence-electron chi connectivity index (χ4n) is 4.14. The van der Waals surface area contributed by atoms with E-state index in [1.54, 1.807) is 0 Å². The summed E-state index contributed by atoms with van der Waals surface area (Å²) in [5.74, 6) is 0.723. The molecule has 3 aromatic carbocycles. The molecular weight excluding hydrogens is 438 g/mol. The molecule has 0 radical (unpaired) electrons. The van der Waals surface area contributed by atoms with Crippen molar-refractivity contribution >= 4 is 23.2 Å². The third-order valence-corrected chi connectivity index (χ3v) is 6.09. The van der Waals surface area contributed by atoms with Gasteiger partial charge >= 0.3 is 0 Å². The summed E-state index contributed by atoms with van der Waals surface area (Å²) in [5, 5.41) is 5.99. The smallest absolute Gasteiger partial charge is 0.253 e. The van der Waals surface area contributed by atoms with Crippen LogP contribution in [0.25, 0.3) is 0 Å². The van der Waals surface area contributed by atoms with Gasteiger partial charge in [0.15, 0.2) is 0 Å². The molecule has 35 heavy (non-hydrogen) atoms. The number of aryl methyl sites for hydroxylation is 1. The molecular formula is C29H33N3O3. The van der Waals surface area contributed by atoms with E-state index < -0.39 is 0 Å². The van der Waals surface area contributed by atoms with Gasteiger partial charge in [0, 0.05) is 30.0 Å². The third-order valence-electron chi connectivity index (χ3n) is 6.09. The Balaban J connectivity index is 1.16. The van der Waals surface area contributed by atoms with Crippen molar-refractivity contribution in [3.63, 3.8) is 0 Å². The maximum absolute atomic E-state index is 12.6. The SMILES string of the molecule is O=C(CNc1ccc(C(=O)N2CCCCC2)cc1)Nc1ccc(OCCCc2ccccc2)cc1. The van der Waals surface area contributed by atoms with Gasteiger partial charge in [0.2, 0.25) is 5.91 Å². The number of likely N-dealkylation sites (tertiary alicyclic amines) is 1. The van der Waals surface area contributed by atoms with Crippen molar-refractivity contribution in [2.24, 2.45) is 0 Å². The van der Waals surface area contributed by atoms with E-state index in [1.165, 1.54) is 12.0 Å². The van der Waals surface area contributed by atoms with E-state index in [4.69, 9.17) is 4.74 Å². The van der Waals surface area contributed by atoms with E-state index in [1.807, 2.05) is 71.6 Å². The molecule has 6 heteroatoms. The molecule has 0 aliphatic carbocycles. The Bertz CT molecular complexity index is 1080. The molecule has 182 valence electrons. The Hall–Kier alpha value is -3.80. The molecule has 1 heterocycles. The normalized spacial score (nSPS) is 13.2. The van der Waals surface area contributed by atoms with Crippen molar-refractivity contribution in [3.8, 4) is 5.75 Å². The van der Waals surface area contributed by atoms with Crippen LogP contribution >= 0.6 is 0 Å². The van der Waals surface area contributed by atoms with Gasteiger partial charge in [-0.1, -0.05) is 30.3 Å². The van der Waals surface area contributed by atoms with Gasteiger partial charge in [-0.2, -0.15) is 0 Å². The van der Waals surface area contributed by atoms with Crippen LogP contribution in [0, 0.1) is 0 Å². The Kier molecular flexibility index (Phi) is 8.76. The Morgan fingerprint density at radius 3 is 2.20 bits per heavy atom. The van der Waals surface area contributed by atoms with E-state index >= 15 is 0 Å². The maximum atomic E-state index is 12.6. The highest BCUT2D eigenvalue weighted by molar-refractivity contribution is 5.95. The molecule has 2 amide bonds. The predicted molar refractivity (Wildman–Crippen MR) is 140 cm³/mol. The van der Waals surface area contributed by atoms with Crippen molar-refractivity contribution in [1.29, 1.82) is 0 Å². The average Bonchev–Trinajstić information content (AvgIpc) is 2.92. The van der Waals surface area contributed by atoms with Crippen molar-refractivity contribution in [2.75, 3.05) is 36.9 Å². The number of carbonyl (C=O) groups is 2. The lowest BCUT2D eigenvalue weighted by atomic mass is 10.1. The largest absolute Gasteiger partial charge is 0.494 e. The van der Waals surface area contributed by atoms with Gasteiger partial charge < -0.3 is 20.3 Å². The zero-order valence-electron chi connectivity index (χ0n) is 20.0. The number of nitrogens with zero attached hydrogens (tertiary/aromatic N) is 1. The number of nitrogens with one attached hydrogen (secondary N) is 2. The van der Waals surface area contributed by atoms with Crippen LogP contribution in [0.5, 0.6) is 5.75 Å². The minimum Gasteiger partial charge on any atom is -0.494 e. The second-order valence-corrected chi connectivity index (χ2v) is 8.79. The Morgan fingerprint density at radius 1 is 0.800 bits per heavy atom. The van der Waals surface area contributed by atoms with E-state index in [-0.39, 0.29) is 18.4 Å². The molecule has 1 fully saturated rings. The molecule has 1 saturated heterocycles. The highest BCUT2D eigenvalue weighted by Crippen LogP contribution is 2.17. The van der Waals surface area contributed by atoms with Gasteiger partial charge in [0.1, 0.15) is 5.75 Å². The molecule has 4 rings (SSSR count). The van der Waals surface area contributed by atoms with E-state index in [0.29, 0.717) is 12.2 Å². The van der Waals surface area contributed by atoms with Crippen LogP contribution in [0.1, 0.15) is 41.6 Å².